The Balaban J connectivity index is 1.47. The number of rotatable bonds is 2. The summed E-state index contributed by atoms with van der Waals surface area (Å²) in [5.74, 6) is 0.0482. The maximum absolute atomic E-state index is 12.5. The number of anilines is 1. The van der Waals surface area contributed by atoms with Crippen molar-refractivity contribution in [2.75, 3.05) is 11.1 Å². The lowest BCUT2D eigenvalue weighted by Gasteiger charge is -2.25. The van der Waals surface area contributed by atoms with Crippen LogP contribution < -0.4 is 5.32 Å². The number of fused-ring (bicyclic) bond motifs is 2. The molecule has 0 fully saturated rings. The third kappa shape index (κ3) is 3.04. The van der Waals surface area contributed by atoms with E-state index in [9.17, 15) is 9.59 Å². The number of thioether (sulfide) groups is 1. The number of hydrogen-bond donors (Lipinski definition) is 1. The minimum atomic E-state index is -0.327. The zero-order valence-electron chi connectivity index (χ0n) is 13.1. The summed E-state index contributed by atoms with van der Waals surface area (Å²) in [5.41, 5.74) is 3.78. The van der Waals surface area contributed by atoms with Gasteiger partial charge in [0, 0.05) is 11.3 Å². The van der Waals surface area contributed by atoms with E-state index in [1.807, 2.05) is 18.2 Å². The average Bonchev–Trinajstić information content (AvgIpc) is 2.61. The highest BCUT2D eigenvalue weighted by Crippen LogP contribution is 2.32. The lowest BCUT2D eigenvalue weighted by Crippen LogP contribution is -2.26. The van der Waals surface area contributed by atoms with E-state index in [1.54, 1.807) is 12.1 Å². The normalized spacial score (nSPS) is 19.0. The van der Waals surface area contributed by atoms with E-state index in [1.165, 1.54) is 22.9 Å². The summed E-state index contributed by atoms with van der Waals surface area (Å²) in [7, 11) is 0. The fourth-order valence-corrected chi connectivity index (χ4v) is 3.98. The molecule has 0 bridgehead atoms. The predicted molar refractivity (Wildman–Crippen MR) is 93.5 cm³/mol. The van der Waals surface area contributed by atoms with E-state index in [2.05, 4.69) is 17.4 Å². The van der Waals surface area contributed by atoms with Crippen LogP contribution >= 0.6 is 11.8 Å². The van der Waals surface area contributed by atoms with Gasteiger partial charge >= 0.3 is 5.97 Å². The fraction of sp³-hybridized carbons (Fsp3) is 0.263. The van der Waals surface area contributed by atoms with Crippen LogP contribution in [0.15, 0.2) is 47.4 Å². The molecule has 2 aromatic carbocycles. The Morgan fingerprint density at radius 1 is 1.17 bits per heavy atom. The van der Waals surface area contributed by atoms with Crippen LogP contribution in [-0.2, 0) is 22.4 Å². The monoisotopic (exact) mass is 339 g/mol. The standard InChI is InChI=1S/C19H17NO3S/c21-18-11-24-17-8-6-14(10-16(17)20-18)19(22)23-15-7-5-12-3-1-2-4-13(12)9-15/h1-4,6,8,10,15H,5,7,9,11H2,(H,20,21). The van der Waals surface area contributed by atoms with Gasteiger partial charge in [0.15, 0.2) is 0 Å². The van der Waals surface area contributed by atoms with Crippen LogP contribution in [0, 0.1) is 0 Å². The molecule has 2 aromatic rings. The van der Waals surface area contributed by atoms with Gasteiger partial charge in [0.05, 0.1) is 17.0 Å². The number of aryl methyl sites for hydroxylation is 1. The smallest absolute Gasteiger partial charge is 0.338 e. The highest BCUT2D eigenvalue weighted by atomic mass is 32.2. The van der Waals surface area contributed by atoms with Gasteiger partial charge in [-0.3, -0.25) is 4.79 Å². The summed E-state index contributed by atoms with van der Waals surface area (Å²) >= 11 is 1.48. The third-order valence-corrected chi connectivity index (χ3v) is 5.50. The fourth-order valence-electron chi connectivity index (χ4n) is 3.19. The van der Waals surface area contributed by atoms with Crippen molar-refractivity contribution in [2.24, 2.45) is 0 Å². The maximum atomic E-state index is 12.5. The highest BCUT2D eigenvalue weighted by molar-refractivity contribution is 8.00. The molecule has 1 aliphatic heterocycles. The van der Waals surface area contributed by atoms with Gasteiger partial charge in [-0.15, -0.1) is 11.8 Å². The Hall–Kier alpha value is -2.27. The molecule has 1 aliphatic carbocycles. The molecular weight excluding hydrogens is 322 g/mol. The molecule has 24 heavy (non-hydrogen) atoms. The topological polar surface area (TPSA) is 55.4 Å². The second kappa shape index (κ2) is 6.32. The Morgan fingerprint density at radius 3 is 2.88 bits per heavy atom. The lowest BCUT2D eigenvalue weighted by atomic mass is 9.90. The van der Waals surface area contributed by atoms with Crippen molar-refractivity contribution >= 4 is 29.3 Å². The zero-order valence-corrected chi connectivity index (χ0v) is 13.9. The summed E-state index contributed by atoms with van der Waals surface area (Å²) in [6.07, 6.45) is 2.46. The molecule has 1 N–H and O–H groups in total. The van der Waals surface area contributed by atoms with Crippen molar-refractivity contribution in [3.8, 4) is 0 Å². The first-order valence-corrected chi connectivity index (χ1v) is 9.02. The van der Waals surface area contributed by atoms with Gasteiger partial charge < -0.3 is 10.1 Å². The lowest BCUT2D eigenvalue weighted by molar-refractivity contribution is -0.113. The summed E-state index contributed by atoms with van der Waals surface area (Å²) in [6, 6.07) is 13.6. The molecule has 0 aromatic heterocycles. The van der Waals surface area contributed by atoms with Crippen LogP contribution in [0.1, 0.15) is 27.9 Å². The maximum Gasteiger partial charge on any atom is 0.338 e. The van der Waals surface area contributed by atoms with Crippen molar-refractivity contribution in [3.05, 3.63) is 59.2 Å². The Bertz CT molecular complexity index is 818. The SMILES string of the molecule is O=C1CSc2ccc(C(=O)OC3CCc4ccccc4C3)cc2N1. The molecule has 1 heterocycles. The van der Waals surface area contributed by atoms with E-state index in [-0.39, 0.29) is 18.0 Å². The molecule has 1 unspecified atom stereocenters. The first kappa shape index (κ1) is 15.3. The minimum absolute atomic E-state index is 0.0399. The molecule has 2 aliphatic rings. The number of amides is 1. The summed E-state index contributed by atoms with van der Waals surface area (Å²) in [6.45, 7) is 0. The van der Waals surface area contributed by atoms with E-state index < -0.39 is 0 Å². The Morgan fingerprint density at radius 2 is 2.00 bits per heavy atom. The average molecular weight is 339 g/mol. The van der Waals surface area contributed by atoms with E-state index >= 15 is 0 Å². The quantitative estimate of drug-likeness (QED) is 0.852. The third-order valence-electron chi connectivity index (χ3n) is 4.42. The van der Waals surface area contributed by atoms with E-state index in [4.69, 9.17) is 4.74 Å². The Kier molecular flexibility index (Phi) is 4.02. The van der Waals surface area contributed by atoms with Gasteiger partial charge in [-0.05, 0) is 42.2 Å². The largest absolute Gasteiger partial charge is 0.458 e. The van der Waals surface area contributed by atoms with Crippen molar-refractivity contribution < 1.29 is 14.3 Å². The first-order valence-electron chi connectivity index (χ1n) is 8.03. The first-order chi connectivity index (χ1) is 11.7. The number of esters is 1. The van der Waals surface area contributed by atoms with Gasteiger partial charge in [0.25, 0.3) is 0 Å². The van der Waals surface area contributed by atoms with Crippen LogP contribution in [0.4, 0.5) is 5.69 Å². The Labute approximate surface area is 144 Å². The second-order valence-electron chi connectivity index (χ2n) is 6.09. The van der Waals surface area contributed by atoms with Gasteiger partial charge in [0.1, 0.15) is 6.10 Å². The number of carbonyl (C=O) groups excluding carboxylic acids is 2. The molecule has 0 saturated carbocycles. The number of benzene rings is 2. The molecule has 0 radical (unpaired) electrons. The molecular formula is C19H17NO3S. The molecule has 0 saturated heterocycles. The second-order valence-corrected chi connectivity index (χ2v) is 7.10. The van der Waals surface area contributed by atoms with Crippen molar-refractivity contribution in [2.45, 2.75) is 30.3 Å². The number of hydrogen-bond acceptors (Lipinski definition) is 4. The van der Waals surface area contributed by atoms with Crippen molar-refractivity contribution in [1.29, 1.82) is 0 Å². The zero-order chi connectivity index (χ0) is 16.5. The van der Waals surface area contributed by atoms with E-state index in [0.29, 0.717) is 17.0 Å². The van der Waals surface area contributed by atoms with Crippen molar-refractivity contribution in [3.63, 3.8) is 0 Å². The van der Waals surface area contributed by atoms with Crippen LogP contribution in [0.5, 0.6) is 0 Å². The molecule has 4 nitrogen and oxygen atoms in total. The summed E-state index contributed by atoms with van der Waals surface area (Å²) in [5, 5.41) is 2.80. The van der Waals surface area contributed by atoms with E-state index in [0.717, 1.165) is 24.2 Å². The van der Waals surface area contributed by atoms with Crippen molar-refractivity contribution in [1.82, 2.24) is 0 Å². The number of nitrogens with one attached hydrogen (secondary N) is 1. The number of carbonyl (C=O) groups is 2. The van der Waals surface area contributed by atoms with Crippen LogP contribution in [0.2, 0.25) is 0 Å². The van der Waals surface area contributed by atoms with Gasteiger partial charge in [-0.25, -0.2) is 4.79 Å². The highest BCUT2D eigenvalue weighted by Gasteiger charge is 2.23. The molecule has 1 amide bonds. The molecule has 5 heteroatoms. The molecule has 122 valence electrons. The van der Waals surface area contributed by atoms with Crippen LogP contribution in [0.3, 0.4) is 0 Å². The molecule has 1 atom stereocenters. The predicted octanol–water partition coefficient (Wildman–Crippen LogP) is 3.45. The molecule has 4 rings (SSSR count). The molecule has 0 spiro atoms. The van der Waals surface area contributed by atoms with Gasteiger partial charge in [0.2, 0.25) is 5.91 Å². The van der Waals surface area contributed by atoms with Crippen LogP contribution in [-0.4, -0.2) is 23.7 Å². The number of ether oxygens (including phenoxy) is 1. The van der Waals surface area contributed by atoms with Crippen LogP contribution in [0.25, 0.3) is 0 Å². The van der Waals surface area contributed by atoms with Gasteiger partial charge in [-0.1, -0.05) is 24.3 Å². The summed E-state index contributed by atoms with van der Waals surface area (Å²) in [4.78, 5) is 24.9. The minimum Gasteiger partial charge on any atom is -0.458 e. The summed E-state index contributed by atoms with van der Waals surface area (Å²) < 4.78 is 5.69. The van der Waals surface area contributed by atoms with Gasteiger partial charge in [-0.2, -0.15) is 0 Å².